The van der Waals surface area contributed by atoms with E-state index in [2.05, 4.69) is 22.5 Å². The number of unbranched alkanes of at least 4 members (excludes halogenated alkanes) is 1. The normalized spacial score (nSPS) is 11.6. The third kappa shape index (κ3) is 5.41. The molecule has 3 aromatic heterocycles. The number of allylic oxidation sites excluding steroid dienone is 1. The van der Waals surface area contributed by atoms with Crippen molar-refractivity contribution in [3.8, 4) is 11.3 Å². The summed E-state index contributed by atoms with van der Waals surface area (Å²) >= 11 is 6.75. The van der Waals surface area contributed by atoms with Gasteiger partial charge in [0.15, 0.2) is 0 Å². The van der Waals surface area contributed by atoms with Crippen molar-refractivity contribution in [3.05, 3.63) is 33.8 Å². The van der Waals surface area contributed by atoms with Crippen LogP contribution >= 0.6 is 38.6 Å². The van der Waals surface area contributed by atoms with E-state index in [4.69, 9.17) is 14.5 Å². The average molecular weight is 541 g/mol. The van der Waals surface area contributed by atoms with E-state index in [0.29, 0.717) is 12.2 Å². The maximum Gasteiger partial charge on any atom is 0.426 e. The third-order valence-corrected chi connectivity index (χ3v) is 7.60. The summed E-state index contributed by atoms with van der Waals surface area (Å²) < 4.78 is 15.3. The lowest BCUT2D eigenvalue weighted by atomic mass is 10.2. The van der Waals surface area contributed by atoms with Gasteiger partial charge >= 0.3 is 12.2 Å². The first-order chi connectivity index (χ1) is 15.0. The van der Waals surface area contributed by atoms with E-state index in [0.717, 1.165) is 32.3 Å². The van der Waals surface area contributed by atoms with Gasteiger partial charge in [-0.1, -0.05) is 19.9 Å². The smallest absolute Gasteiger partial charge is 0.426 e. The quantitative estimate of drug-likeness (QED) is 0.300. The Balaban J connectivity index is 2.12. The Morgan fingerprint density at radius 3 is 2.56 bits per heavy atom. The van der Waals surface area contributed by atoms with Gasteiger partial charge in [0.05, 0.1) is 20.9 Å². The molecule has 0 radical (unpaired) electrons. The number of carbonyl (C=O) groups excluding carboxylic acids is 2. The summed E-state index contributed by atoms with van der Waals surface area (Å²) in [6.07, 6.45) is 1.92. The highest BCUT2D eigenvalue weighted by molar-refractivity contribution is 9.10. The van der Waals surface area contributed by atoms with Crippen molar-refractivity contribution >= 4 is 66.1 Å². The van der Waals surface area contributed by atoms with Crippen LogP contribution in [0.1, 0.15) is 47.5 Å². The molecule has 0 aliphatic carbocycles. The maximum atomic E-state index is 13.1. The Morgan fingerprint density at radius 2 is 1.94 bits per heavy atom. The Bertz CT molecular complexity index is 1160. The lowest BCUT2D eigenvalue weighted by molar-refractivity contribution is 0.0577. The fourth-order valence-corrected chi connectivity index (χ4v) is 5.94. The number of fused-ring (bicyclic) bond motifs is 1. The average Bonchev–Trinajstić information content (AvgIpc) is 3.36. The van der Waals surface area contributed by atoms with Gasteiger partial charge in [-0.15, -0.1) is 22.7 Å². The summed E-state index contributed by atoms with van der Waals surface area (Å²) in [5.41, 5.74) is 0.774. The molecule has 3 aromatic rings. The second-order valence-corrected chi connectivity index (χ2v) is 10.9. The summed E-state index contributed by atoms with van der Waals surface area (Å²) in [5.74, 6) is 0.401. The topological polar surface area (TPSA) is 73.7 Å². The number of thiophene rings is 2. The first kappa shape index (κ1) is 24.5. The van der Waals surface area contributed by atoms with Crippen molar-refractivity contribution in [2.75, 3.05) is 11.4 Å². The first-order valence-corrected chi connectivity index (χ1v) is 12.7. The molecule has 172 valence electrons. The van der Waals surface area contributed by atoms with Crippen LogP contribution in [-0.2, 0) is 9.47 Å². The number of carbonyl (C=O) groups is 2. The van der Waals surface area contributed by atoms with Crippen LogP contribution in [0, 0.1) is 0 Å². The summed E-state index contributed by atoms with van der Waals surface area (Å²) in [6, 6.07) is 0. The molecule has 0 aromatic carbocycles. The molecule has 0 aliphatic rings. The van der Waals surface area contributed by atoms with Crippen LogP contribution in [0.4, 0.5) is 15.5 Å². The number of hydrogen-bond donors (Lipinski definition) is 0. The standard InChI is InChI=1S/C22H26BrN3O4S2/c1-7-8-9-25(21(28)30-22(4,5)6)19-24-16(10-26(19)20(27)29-13(2)3)14-11-31-18-15(23)12-32-17(14)18/h10-12H,2,7-9H2,1,3-6H3. The number of hydrogen-bond acceptors (Lipinski definition) is 7. The fraction of sp³-hybridized carbons (Fsp3) is 0.409. The zero-order chi connectivity index (χ0) is 23.6. The molecule has 3 heterocycles. The molecule has 0 N–H and O–H groups in total. The molecule has 0 aliphatic heterocycles. The van der Waals surface area contributed by atoms with Gasteiger partial charge in [0.2, 0.25) is 5.95 Å². The second kappa shape index (κ2) is 9.76. The molecule has 10 heteroatoms. The lowest BCUT2D eigenvalue weighted by Crippen LogP contribution is -2.39. The van der Waals surface area contributed by atoms with Crippen molar-refractivity contribution in [1.29, 1.82) is 0 Å². The summed E-state index contributed by atoms with van der Waals surface area (Å²) in [4.78, 5) is 32.0. The van der Waals surface area contributed by atoms with Crippen LogP contribution < -0.4 is 4.90 Å². The maximum absolute atomic E-state index is 13.1. The molecular formula is C22H26BrN3O4S2. The Hall–Kier alpha value is -2.17. The van der Waals surface area contributed by atoms with Crippen molar-refractivity contribution in [3.63, 3.8) is 0 Å². The Kier molecular flexibility index (Phi) is 7.46. The number of anilines is 1. The van der Waals surface area contributed by atoms with E-state index in [-0.39, 0.29) is 11.7 Å². The summed E-state index contributed by atoms with van der Waals surface area (Å²) in [7, 11) is 0. The van der Waals surface area contributed by atoms with Gasteiger partial charge in [0, 0.05) is 33.5 Å². The van der Waals surface area contributed by atoms with E-state index in [1.807, 2.05) is 17.7 Å². The Morgan fingerprint density at radius 1 is 1.25 bits per heavy atom. The van der Waals surface area contributed by atoms with Gasteiger partial charge in [-0.25, -0.2) is 24.0 Å². The highest BCUT2D eigenvalue weighted by Crippen LogP contribution is 2.42. The van der Waals surface area contributed by atoms with Gasteiger partial charge in [-0.3, -0.25) is 0 Å². The number of nitrogens with zero attached hydrogens (tertiary/aromatic N) is 3. The van der Waals surface area contributed by atoms with E-state index < -0.39 is 17.8 Å². The van der Waals surface area contributed by atoms with Crippen LogP contribution in [0.15, 0.2) is 33.8 Å². The van der Waals surface area contributed by atoms with Crippen LogP contribution in [-0.4, -0.2) is 33.9 Å². The van der Waals surface area contributed by atoms with Gasteiger partial charge in [-0.05, 0) is 50.0 Å². The highest BCUT2D eigenvalue weighted by atomic mass is 79.9. The van der Waals surface area contributed by atoms with Crippen LogP contribution in [0.3, 0.4) is 0 Å². The highest BCUT2D eigenvalue weighted by Gasteiger charge is 2.30. The van der Waals surface area contributed by atoms with Crippen molar-refractivity contribution in [2.24, 2.45) is 0 Å². The zero-order valence-corrected chi connectivity index (χ0v) is 21.9. The molecule has 0 atom stereocenters. The number of ether oxygens (including phenoxy) is 2. The van der Waals surface area contributed by atoms with E-state index in [1.165, 1.54) is 9.47 Å². The Labute approximate surface area is 203 Å². The van der Waals surface area contributed by atoms with Crippen LogP contribution in [0.2, 0.25) is 0 Å². The molecule has 0 saturated carbocycles. The zero-order valence-electron chi connectivity index (χ0n) is 18.7. The summed E-state index contributed by atoms with van der Waals surface area (Å²) in [5, 5.41) is 4.02. The van der Waals surface area contributed by atoms with Crippen molar-refractivity contribution in [1.82, 2.24) is 9.55 Å². The minimum atomic E-state index is -0.692. The van der Waals surface area contributed by atoms with Crippen molar-refractivity contribution in [2.45, 2.75) is 53.1 Å². The predicted molar refractivity (Wildman–Crippen MR) is 134 cm³/mol. The number of amides is 1. The molecule has 0 spiro atoms. The predicted octanol–water partition coefficient (Wildman–Crippen LogP) is 7.65. The second-order valence-electron chi connectivity index (χ2n) is 8.24. The largest absolute Gasteiger partial charge is 0.443 e. The first-order valence-electron chi connectivity index (χ1n) is 10.1. The minimum absolute atomic E-state index is 0.156. The van der Waals surface area contributed by atoms with E-state index >= 15 is 0 Å². The molecule has 0 bridgehead atoms. The number of halogens is 1. The lowest BCUT2D eigenvalue weighted by Gasteiger charge is -2.26. The molecule has 3 rings (SSSR count). The van der Waals surface area contributed by atoms with Gasteiger partial charge in [0.1, 0.15) is 5.60 Å². The van der Waals surface area contributed by atoms with Gasteiger partial charge in [0.25, 0.3) is 0 Å². The molecular weight excluding hydrogens is 514 g/mol. The van der Waals surface area contributed by atoms with E-state index in [9.17, 15) is 9.59 Å². The molecule has 1 amide bonds. The van der Waals surface area contributed by atoms with Gasteiger partial charge < -0.3 is 9.47 Å². The van der Waals surface area contributed by atoms with Gasteiger partial charge in [-0.2, -0.15) is 0 Å². The van der Waals surface area contributed by atoms with Crippen LogP contribution in [0.25, 0.3) is 20.7 Å². The number of imidazole rings is 1. The minimum Gasteiger partial charge on any atom is -0.443 e. The molecule has 32 heavy (non-hydrogen) atoms. The SMILES string of the molecule is C=C(C)OC(=O)n1cc(-c2csc3c(Br)csc23)nc1N(CCCC)C(=O)OC(C)(C)C. The molecule has 7 nitrogen and oxygen atoms in total. The molecule has 0 saturated heterocycles. The number of rotatable bonds is 6. The fourth-order valence-electron chi connectivity index (χ4n) is 2.90. The molecule has 0 fully saturated rings. The van der Waals surface area contributed by atoms with E-state index in [1.54, 1.807) is 56.6 Å². The summed E-state index contributed by atoms with van der Waals surface area (Å²) in [6.45, 7) is 13.0. The molecule has 0 unspecified atom stereocenters. The monoisotopic (exact) mass is 539 g/mol. The third-order valence-electron chi connectivity index (χ3n) is 4.25. The van der Waals surface area contributed by atoms with Crippen LogP contribution in [0.5, 0.6) is 0 Å². The van der Waals surface area contributed by atoms with Crippen molar-refractivity contribution < 1.29 is 19.1 Å². The number of aromatic nitrogens is 2.